The maximum atomic E-state index is 4.51. The van der Waals surface area contributed by atoms with Gasteiger partial charge in [0.1, 0.15) is 5.82 Å². The van der Waals surface area contributed by atoms with Crippen molar-refractivity contribution >= 4 is 23.9 Å². The number of nitrogens with one attached hydrogen (secondary N) is 1. The number of hydrogen-bond donors (Lipinski definition) is 1. The molecule has 0 aromatic carbocycles. The number of allylic oxidation sites excluding steroid dienone is 4. The van der Waals surface area contributed by atoms with Gasteiger partial charge >= 0.3 is 0 Å². The van der Waals surface area contributed by atoms with Crippen molar-refractivity contribution in [3.05, 3.63) is 39.7 Å². The molecule has 1 aromatic rings. The Morgan fingerprint density at radius 2 is 2.28 bits per heavy atom. The van der Waals surface area contributed by atoms with Crippen LogP contribution < -0.4 is 10.7 Å². The van der Waals surface area contributed by atoms with Crippen LogP contribution in [0.5, 0.6) is 0 Å². The third kappa shape index (κ3) is 3.64. The van der Waals surface area contributed by atoms with Crippen LogP contribution in [-0.4, -0.2) is 15.7 Å². The minimum absolute atomic E-state index is 0.994. The summed E-state index contributed by atoms with van der Waals surface area (Å²) in [6.45, 7) is 4.08. The third-order valence-corrected chi connectivity index (χ3v) is 4.00. The van der Waals surface area contributed by atoms with Gasteiger partial charge in [0, 0.05) is 5.75 Å². The van der Waals surface area contributed by atoms with Gasteiger partial charge < -0.3 is 4.98 Å². The minimum Gasteiger partial charge on any atom is -0.342 e. The van der Waals surface area contributed by atoms with E-state index in [0.717, 1.165) is 36.2 Å². The molecule has 0 saturated heterocycles. The van der Waals surface area contributed by atoms with Crippen molar-refractivity contribution in [2.24, 2.45) is 0 Å². The van der Waals surface area contributed by atoms with Gasteiger partial charge in [0.25, 0.3) is 0 Å². The van der Waals surface area contributed by atoms with Gasteiger partial charge in [-0.3, -0.25) is 0 Å². The second-order valence-corrected chi connectivity index (χ2v) is 5.57. The van der Waals surface area contributed by atoms with Crippen molar-refractivity contribution in [3.8, 4) is 0 Å². The van der Waals surface area contributed by atoms with Crippen molar-refractivity contribution in [2.75, 3.05) is 5.75 Å². The molecule has 1 aliphatic rings. The molecule has 96 valence electrons. The summed E-state index contributed by atoms with van der Waals surface area (Å²) in [7, 11) is 0. The van der Waals surface area contributed by atoms with Crippen LogP contribution in [0.2, 0.25) is 0 Å². The van der Waals surface area contributed by atoms with Gasteiger partial charge in [0.05, 0.1) is 10.7 Å². The largest absolute Gasteiger partial charge is 0.342 e. The second-order valence-electron chi connectivity index (χ2n) is 4.35. The molecule has 0 bridgehead atoms. The zero-order chi connectivity index (χ0) is 12.8. The summed E-state index contributed by atoms with van der Waals surface area (Å²) < 4.78 is 0. The standard InChI is InChI=1S/C15H20N2S/c1-3-4-5-11-18-13-7-6-8-14-15(10-9-13)17-12(2)16-14/h3-4,7-8,10H,5-6,9,11H2,1-2H3,(H,16,17)/b4-3-,13-7+,14-8+,15-10+. The predicted octanol–water partition coefficient (Wildman–Crippen LogP) is 2.66. The van der Waals surface area contributed by atoms with Gasteiger partial charge in [-0.15, -0.1) is 11.8 Å². The first-order chi connectivity index (χ1) is 8.79. The number of aryl methyl sites for hydroxylation is 1. The molecule has 1 aromatic heterocycles. The average Bonchev–Trinajstić information content (AvgIpc) is 2.67. The predicted molar refractivity (Wildman–Crippen MR) is 80.7 cm³/mol. The maximum absolute atomic E-state index is 4.51. The minimum atomic E-state index is 0.994. The monoisotopic (exact) mass is 260 g/mol. The lowest BCUT2D eigenvalue weighted by atomic mass is 10.2. The maximum Gasteiger partial charge on any atom is 0.104 e. The summed E-state index contributed by atoms with van der Waals surface area (Å²) in [5, 5.41) is 2.27. The van der Waals surface area contributed by atoms with Crippen molar-refractivity contribution in [1.29, 1.82) is 0 Å². The highest BCUT2D eigenvalue weighted by molar-refractivity contribution is 8.03. The van der Waals surface area contributed by atoms with Crippen molar-refractivity contribution in [1.82, 2.24) is 9.97 Å². The molecule has 0 atom stereocenters. The molecular weight excluding hydrogens is 240 g/mol. The van der Waals surface area contributed by atoms with Crippen molar-refractivity contribution in [3.63, 3.8) is 0 Å². The molecule has 0 radical (unpaired) electrons. The Morgan fingerprint density at radius 1 is 1.39 bits per heavy atom. The van der Waals surface area contributed by atoms with Gasteiger partial charge in [0.2, 0.25) is 0 Å². The van der Waals surface area contributed by atoms with Gasteiger partial charge in [0.15, 0.2) is 0 Å². The molecule has 0 aliphatic heterocycles. The van der Waals surface area contributed by atoms with Crippen LogP contribution in [0.15, 0.2) is 23.1 Å². The molecule has 1 heterocycles. The number of nitrogens with zero attached hydrogens (tertiary/aromatic N) is 1. The van der Waals surface area contributed by atoms with Gasteiger partial charge in [-0.2, -0.15) is 0 Å². The molecule has 0 spiro atoms. The highest BCUT2D eigenvalue weighted by Gasteiger charge is 2.00. The average molecular weight is 260 g/mol. The van der Waals surface area contributed by atoms with E-state index in [2.05, 4.69) is 47.3 Å². The van der Waals surface area contributed by atoms with Crippen molar-refractivity contribution in [2.45, 2.75) is 33.1 Å². The lowest BCUT2D eigenvalue weighted by Gasteiger charge is -2.04. The van der Waals surface area contributed by atoms with Gasteiger partial charge in [-0.05, 0) is 38.0 Å². The zero-order valence-corrected chi connectivity index (χ0v) is 11.9. The fourth-order valence-electron chi connectivity index (χ4n) is 1.97. The number of imidazole rings is 1. The number of H-pyrrole nitrogens is 1. The molecule has 3 heteroatoms. The number of thioether (sulfide) groups is 1. The van der Waals surface area contributed by atoms with E-state index in [4.69, 9.17) is 0 Å². The summed E-state index contributed by atoms with van der Waals surface area (Å²) in [6, 6.07) is 0. The van der Waals surface area contributed by atoms with Crippen LogP contribution in [0.1, 0.15) is 32.0 Å². The molecule has 0 amide bonds. The van der Waals surface area contributed by atoms with Crippen LogP contribution in [0.3, 0.4) is 0 Å². The van der Waals surface area contributed by atoms with Crippen LogP contribution in [0.25, 0.3) is 12.2 Å². The van der Waals surface area contributed by atoms with E-state index in [-0.39, 0.29) is 0 Å². The number of hydrogen-bond acceptors (Lipinski definition) is 2. The Balaban J connectivity index is 2.03. The first-order valence-electron chi connectivity index (χ1n) is 6.45. The summed E-state index contributed by atoms with van der Waals surface area (Å²) >= 11 is 1.96. The molecule has 2 rings (SSSR count). The molecule has 2 nitrogen and oxygen atoms in total. The third-order valence-electron chi connectivity index (χ3n) is 2.85. The highest BCUT2D eigenvalue weighted by atomic mass is 32.2. The summed E-state index contributed by atoms with van der Waals surface area (Å²) in [5.41, 5.74) is 0. The number of aromatic amines is 1. The Kier molecular flexibility index (Phi) is 4.88. The van der Waals surface area contributed by atoms with E-state index in [0.29, 0.717) is 0 Å². The molecule has 0 unspecified atom stereocenters. The molecule has 1 N–H and O–H groups in total. The van der Waals surface area contributed by atoms with Gasteiger partial charge in [-0.1, -0.05) is 30.4 Å². The Morgan fingerprint density at radius 3 is 3.11 bits per heavy atom. The summed E-state index contributed by atoms with van der Waals surface area (Å²) in [6.07, 6.45) is 14.3. The molecule has 18 heavy (non-hydrogen) atoms. The lowest BCUT2D eigenvalue weighted by molar-refractivity contribution is 1.13. The smallest absolute Gasteiger partial charge is 0.104 e. The van der Waals surface area contributed by atoms with E-state index >= 15 is 0 Å². The molecule has 0 fully saturated rings. The first-order valence-corrected chi connectivity index (χ1v) is 7.44. The Bertz CT molecular complexity index is 564. The number of rotatable bonds is 4. The van der Waals surface area contributed by atoms with E-state index in [1.165, 1.54) is 10.3 Å². The van der Waals surface area contributed by atoms with E-state index in [1.54, 1.807) is 0 Å². The zero-order valence-electron chi connectivity index (χ0n) is 11.1. The topological polar surface area (TPSA) is 28.7 Å². The molecular formula is C15H20N2S. The van der Waals surface area contributed by atoms with E-state index < -0.39 is 0 Å². The van der Waals surface area contributed by atoms with E-state index in [9.17, 15) is 0 Å². The fourth-order valence-corrected chi connectivity index (χ4v) is 2.90. The van der Waals surface area contributed by atoms with Crippen LogP contribution in [-0.2, 0) is 0 Å². The van der Waals surface area contributed by atoms with Crippen LogP contribution in [0, 0.1) is 6.92 Å². The number of aromatic nitrogens is 2. The second kappa shape index (κ2) is 6.64. The van der Waals surface area contributed by atoms with E-state index in [1.807, 2.05) is 18.7 Å². The molecule has 0 saturated carbocycles. The van der Waals surface area contributed by atoms with Crippen LogP contribution >= 0.6 is 11.8 Å². The van der Waals surface area contributed by atoms with Crippen molar-refractivity contribution < 1.29 is 0 Å². The normalized spacial score (nSPS) is 22.0. The highest BCUT2D eigenvalue weighted by Crippen LogP contribution is 2.22. The number of fused-ring (bicyclic) bond motifs is 1. The summed E-state index contributed by atoms with van der Waals surface area (Å²) in [4.78, 5) is 9.26. The van der Waals surface area contributed by atoms with Crippen LogP contribution in [0.4, 0.5) is 0 Å². The summed E-state index contributed by atoms with van der Waals surface area (Å²) in [5.74, 6) is 2.16. The first kappa shape index (κ1) is 13.2. The molecule has 1 aliphatic carbocycles. The van der Waals surface area contributed by atoms with Gasteiger partial charge in [-0.25, -0.2) is 4.98 Å². The quantitative estimate of drug-likeness (QED) is 0.666. The Labute approximate surface area is 113 Å². The fraction of sp³-hybridized carbons (Fsp3) is 0.400. The SMILES string of the molecule is C/C=C\CCS/C1=C/C/C=c2/[nH]c(C)n/c2=C/C1. The lowest BCUT2D eigenvalue weighted by Crippen LogP contribution is -2.24. The Hall–Kier alpha value is -1.22.